The average molecular weight is 404 g/mol. The van der Waals surface area contributed by atoms with Crippen LogP contribution in [0, 0.1) is 5.92 Å². The fourth-order valence-electron chi connectivity index (χ4n) is 4.75. The van der Waals surface area contributed by atoms with Crippen LogP contribution in [0.2, 0.25) is 0 Å². The molecule has 2 aliphatic heterocycles. The largest absolute Gasteiger partial charge is 0.368 e. The summed E-state index contributed by atoms with van der Waals surface area (Å²) in [5, 5.41) is 3.36. The highest BCUT2D eigenvalue weighted by atomic mass is 16.2. The molecule has 0 radical (unpaired) electrons. The number of fused-ring (bicyclic) bond motifs is 1. The first kappa shape index (κ1) is 19.1. The monoisotopic (exact) mass is 403 g/mol. The van der Waals surface area contributed by atoms with Crippen LogP contribution in [0.1, 0.15) is 12.8 Å². The van der Waals surface area contributed by atoms with Gasteiger partial charge in [-0.3, -0.25) is 4.79 Å². The zero-order valence-corrected chi connectivity index (χ0v) is 17.6. The molecule has 30 heavy (non-hydrogen) atoms. The number of imidazole rings is 1. The lowest BCUT2D eigenvalue weighted by Gasteiger charge is -2.38. The molecular weight excluding hydrogens is 374 g/mol. The van der Waals surface area contributed by atoms with Crippen molar-refractivity contribution in [1.82, 2.24) is 19.8 Å². The van der Waals surface area contributed by atoms with Gasteiger partial charge in [0, 0.05) is 51.0 Å². The van der Waals surface area contributed by atoms with Crippen molar-refractivity contribution in [2.45, 2.75) is 12.8 Å². The molecule has 156 valence electrons. The molecule has 6 nitrogen and oxygen atoms in total. The maximum absolute atomic E-state index is 12.8. The third-order valence-corrected chi connectivity index (χ3v) is 6.49. The van der Waals surface area contributed by atoms with E-state index in [1.807, 2.05) is 12.1 Å². The molecule has 3 aromatic rings. The van der Waals surface area contributed by atoms with Gasteiger partial charge in [0.05, 0.1) is 17.0 Å². The highest BCUT2D eigenvalue weighted by molar-refractivity contribution is 5.81. The van der Waals surface area contributed by atoms with Crippen molar-refractivity contribution < 1.29 is 4.79 Å². The number of rotatable bonds is 3. The number of piperazine rings is 1. The van der Waals surface area contributed by atoms with Crippen LogP contribution >= 0.6 is 0 Å². The lowest BCUT2D eigenvalue weighted by Crippen LogP contribution is -2.52. The van der Waals surface area contributed by atoms with Crippen LogP contribution in [0.15, 0.2) is 48.5 Å². The molecule has 2 fully saturated rings. The Balaban J connectivity index is 1.30. The summed E-state index contributed by atoms with van der Waals surface area (Å²) in [5.74, 6) is 1.47. The molecule has 0 bridgehead atoms. The van der Waals surface area contributed by atoms with Crippen molar-refractivity contribution in [3.63, 3.8) is 0 Å². The lowest BCUT2D eigenvalue weighted by atomic mass is 9.98. The summed E-state index contributed by atoms with van der Waals surface area (Å²) in [4.78, 5) is 22.1. The molecule has 0 spiro atoms. The van der Waals surface area contributed by atoms with E-state index in [0.29, 0.717) is 5.91 Å². The Kier molecular flexibility index (Phi) is 5.17. The second-order valence-electron chi connectivity index (χ2n) is 8.39. The molecule has 2 aromatic carbocycles. The van der Waals surface area contributed by atoms with Crippen LogP contribution < -0.4 is 10.2 Å². The number of amides is 1. The highest BCUT2D eigenvalue weighted by Crippen LogP contribution is 2.28. The predicted molar refractivity (Wildman–Crippen MR) is 121 cm³/mol. The van der Waals surface area contributed by atoms with E-state index in [9.17, 15) is 4.79 Å². The Morgan fingerprint density at radius 2 is 1.90 bits per heavy atom. The minimum Gasteiger partial charge on any atom is -0.368 e. The summed E-state index contributed by atoms with van der Waals surface area (Å²) < 4.78 is 2.16. The number of nitrogens with zero attached hydrogens (tertiary/aromatic N) is 4. The molecule has 1 unspecified atom stereocenters. The fourth-order valence-corrected chi connectivity index (χ4v) is 4.75. The number of nitrogens with one attached hydrogen (secondary N) is 1. The summed E-state index contributed by atoms with van der Waals surface area (Å²) in [6, 6.07) is 16.9. The molecule has 1 aromatic heterocycles. The van der Waals surface area contributed by atoms with Crippen molar-refractivity contribution in [2.75, 3.05) is 44.2 Å². The smallest absolute Gasteiger partial charge is 0.227 e. The first-order valence-electron chi connectivity index (χ1n) is 11.0. The number of para-hydroxylation sites is 2. The van der Waals surface area contributed by atoms with Crippen molar-refractivity contribution in [3.8, 4) is 11.4 Å². The third kappa shape index (κ3) is 3.56. The molecule has 5 rings (SSSR count). The van der Waals surface area contributed by atoms with E-state index in [2.05, 4.69) is 63.1 Å². The first-order chi connectivity index (χ1) is 14.7. The predicted octanol–water partition coefficient (Wildman–Crippen LogP) is 2.89. The second-order valence-corrected chi connectivity index (χ2v) is 8.39. The van der Waals surface area contributed by atoms with Crippen LogP contribution in [-0.4, -0.2) is 59.6 Å². The molecule has 2 aliphatic rings. The molecule has 3 heterocycles. The van der Waals surface area contributed by atoms with Crippen molar-refractivity contribution in [3.05, 3.63) is 48.5 Å². The van der Waals surface area contributed by atoms with Gasteiger partial charge in [-0.15, -0.1) is 0 Å². The maximum atomic E-state index is 12.8. The van der Waals surface area contributed by atoms with Crippen LogP contribution in [0.25, 0.3) is 22.4 Å². The minimum absolute atomic E-state index is 0.158. The molecule has 1 N–H and O–H groups in total. The number of piperidine rings is 1. The minimum atomic E-state index is 0.158. The Bertz CT molecular complexity index is 1040. The van der Waals surface area contributed by atoms with E-state index in [1.165, 1.54) is 5.69 Å². The summed E-state index contributed by atoms with van der Waals surface area (Å²) in [5.41, 5.74) is 4.48. The van der Waals surface area contributed by atoms with E-state index >= 15 is 0 Å². The number of benzene rings is 2. The molecule has 6 heteroatoms. The third-order valence-electron chi connectivity index (χ3n) is 6.49. The van der Waals surface area contributed by atoms with Gasteiger partial charge in [0.15, 0.2) is 0 Å². The molecule has 1 amide bonds. The summed E-state index contributed by atoms with van der Waals surface area (Å²) in [6.45, 7) is 5.21. The van der Waals surface area contributed by atoms with Crippen molar-refractivity contribution in [2.24, 2.45) is 13.0 Å². The van der Waals surface area contributed by atoms with E-state index in [-0.39, 0.29) is 5.92 Å². The zero-order chi connectivity index (χ0) is 20.5. The van der Waals surface area contributed by atoms with Gasteiger partial charge in [-0.25, -0.2) is 4.98 Å². The Morgan fingerprint density at radius 1 is 1.07 bits per heavy atom. The van der Waals surface area contributed by atoms with Gasteiger partial charge in [-0.2, -0.15) is 0 Å². The molecule has 0 saturated carbocycles. The van der Waals surface area contributed by atoms with Gasteiger partial charge >= 0.3 is 0 Å². The van der Waals surface area contributed by atoms with Gasteiger partial charge in [0.2, 0.25) is 5.91 Å². The lowest BCUT2D eigenvalue weighted by molar-refractivity contribution is -0.136. The number of hydrogen-bond donors (Lipinski definition) is 1. The van der Waals surface area contributed by atoms with Crippen molar-refractivity contribution >= 4 is 22.6 Å². The summed E-state index contributed by atoms with van der Waals surface area (Å²) >= 11 is 0. The SMILES string of the molecule is Cn1c(-c2cccc(N3CCN(C(=O)C4CCCNC4)CC3)c2)nc2ccccc21. The van der Waals surface area contributed by atoms with Gasteiger partial charge < -0.3 is 19.7 Å². The number of aryl methyl sites for hydroxylation is 1. The maximum Gasteiger partial charge on any atom is 0.227 e. The Hall–Kier alpha value is -2.86. The molecule has 0 aliphatic carbocycles. The fraction of sp³-hybridized carbons (Fsp3) is 0.417. The van der Waals surface area contributed by atoms with E-state index in [4.69, 9.17) is 4.98 Å². The van der Waals surface area contributed by atoms with Gasteiger partial charge in [-0.05, 0) is 43.7 Å². The topological polar surface area (TPSA) is 53.4 Å². The Labute approximate surface area is 177 Å². The number of anilines is 1. The average Bonchev–Trinajstić information content (AvgIpc) is 3.16. The van der Waals surface area contributed by atoms with Crippen LogP contribution in [0.5, 0.6) is 0 Å². The second kappa shape index (κ2) is 8.11. The van der Waals surface area contributed by atoms with Gasteiger partial charge in [0.25, 0.3) is 0 Å². The number of hydrogen-bond acceptors (Lipinski definition) is 4. The number of aromatic nitrogens is 2. The Morgan fingerprint density at radius 3 is 2.67 bits per heavy atom. The van der Waals surface area contributed by atoms with Crippen LogP contribution in [0.4, 0.5) is 5.69 Å². The summed E-state index contributed by atoms with van der Waals surface area (Å²) in [7, 11) is 2.07. The first-order valence-corrected chi connectivity index (χ1v) is 11.0. The zero-order valence-electron chi connectivity index (χ0n) is 17.6. The van der Waals surface area contributed by atoms with E-state index in [0.717, 1.165) is 74.5 Å². The highest BCUT2D eigenvalue weighted by Gasteiger charge is 2.28. The number of carbonyl (C=O) groups is 1. The van der Waals surface area contributed by atoms with E-state index in [1.54, 1.807) is 0 Å². The van der Waals surface area contributed by atoms with Crippen LogP contribution in [-0.2, 0) is 11.8 Å². The molecular formula is C24H29N5O. The summed E-state index contributed by atoms with van der Waals surface area (Å²) in [6.07, 6.45) is 2.12. The molecule has 2 saturated heterocycles. The van der Waals surface area contributed by atoms with Crippen LogP contribution in [0.3, 0.4) is 0 Å². The normalized spacial score (nSPS) is 20.0. The standard InChI is InChI=1S/C24H29N5O/c1-27-22-10-3-2-9-21(22)26-23(27)18-6-4-8-20(16-18)28-12-14-29(15-13-28)24(30)19-7-5-11-25-17-19/h2-4,6,8-10,16,19,25H,5,7,11-15,17H2,1H3. The number of carbonyl (C=O) groups excluding carboxylic acids is 1. The van der Waals surface area contributed by atoms with Gasteiger partial charge in [0.1, 0.15) is 5.82 Å². The van der Waals surface area contributed by atoms with Gasteiger partial charge in [-0.1, -0.05) is 24.3 Å². The van der Waals surface area contributed by atoms with Crippen molar-refractivity contribution in [1.29, 1.82) is 0 Å². The van der Waals surface area contributed by atoms with E-state index < -0.39 is 0 Å². The molecule has 1 atom stereocenters. The quantitative estimate of drug-likeness (QED) is 0.731.